The van der Waals surface area contributed by atoms with Crippen LogP contribution in [0.25, 0.3) is 0 Å². The highest BCUT2D eigenvalue weighted by Crippen LogP contribution is 2.19. The number of hydrogen-bond acceptors (Lipinski definition) is 5. The summed E-state index contributed by atoms with van der Waals surface area (Å²) >= 11 is 1.14. The number of aromatic nitrogens is 3. The van der Waals surface area contributed by atoms with Gasteiger partial charge < -0.3 is 5.11 Å². The van der Waals surface area contributed by atoms with Crippen molar-refractivity contribution in [3.05, 3.63) is 12.3 Å². The molecule has 0 saturated carbocycles. The lowest BCUT2D eigenvalue weighted by molar-refractivity contribution is -0.136. The van der Waals surface area contributed by atoms with Crippen LogP contribution >= 0.6 is 11.8 Å². The quantitative estimate of drug-likeness (QED) is 0.688. The number of nitrogens with zero attached hydrogens (tertiary/aromatic N) is 3. The van der Waals surface area contributed by atoms with Crippen molar-refractivity contribution in [2.45, 2.75) is 17.2 Å². The third-order valence-electron chi connectivity index (χ3n) is 1.12. The van der Waals surface area contributed by atoms with Gasteiger partial charge in [0.05, 0.1) is 6.20 Å². The zero-order chi connectivity index (χ0) is 8.97. The summed E-state index contributed by atoms with van der Waals surface area (Å²) in [6, 6.07) is 1.62. The van der Waals surface area contributed by atoms with Crippen LogP contribution in [0.3, 0.4) is 0 Å². The molecule has 0 radical (unpaired) electrons. The second kappa shape index (κ2) is 4.01. The second-order valence-corrected chi connectivity index (χ2v) is 3.42. The molecule has 1 heterocycles. The molecule has 64 valence electrons. The van der Waals surface area contributed by atoms with Crippen LogP contribution in [0.2, 0.25) is 0 Å². The third-order valence-corrected chi connectivity index (χ3v) is 2.14. The summed E-state index contributed by atoms with van der Waals surface area (Å²) in [6.45, 7) is 1.59. The van der Waals surface area contributed by atoms with Gasteiger partial charge in [-0.2, -0.15) is 0 Å². The number of rotatable bonds is 3. The largest absolute Gasteiger partial charge is 0.480 e. The molecule has 6 heteroatoms. The number of carbonyl (C=O) groups is 1. The number of carboxylic acids is 1. The molecule has 1 aromatic heterocycles. The first kappa shape index (κ1) is 8.92. The van der Waals surface area contributed by atoms with E-state index >= 15 is 0 Å². The smallest absolute Gasteiger partial charge is 0.316 e. The summed E-state index contributed by atoms with van der Waals surface area (Å²) in [5.41, 5.74) is 0. The molecule has 0 aliphatic carbocycles. The van der Waals surface area contributed by atoms with Gasteiger partial charge in [0.15, 0.2) is 0 Å². The van der Waals surface area contributed by atoms with E-state index in [1.165, 1.54) is 6.20 Å². The van der Waals surface area contributed by atoms with Gasteiger partial charge in [0.1, 0.15) is 10.3 Å². The first-order chi connectivity index (χ1) is 5.70. The monoisotopic (exact) mass is 185 g/mol. The Labute approximate surface area is 73.2 Å². The van der Waals surface area contributed by atoms with Crippen molar-refractivity contribution in [2.75, 3.05) is 0 Å². The fourth-order valence-corrected chi connectivity index (χ4v) is 1.21. The van der Waals surface area contributed by atoms with Crippen LogP contribution in [0.5, 0.6) is 0 Å². The van der Waals surface area contributed by atoms with Crippen LogP contribution < -0.4 is 0 Å². The average molecular weight is 185 g/mol. The van der Waals surface area contributed by atoms with E-state index in [0.29, 0.717) is 5.03 Å². The van der Waals surface area contributed by atoms with E-state index in [1.807, 2.05) is 0 Å². The van der Waals surface area contributed by atoms with Gasteiger partial charge in [-0.15, -0.1) is 10.2 Å². The molecular weight excluding hydrogens is 178 g/mol. The van der Waals surface area contributed by atoms with Gasteiger partial charge in [-0.1, -0.05) is 11.8 Å². The normalized spacial score (nSPS) is 12.4. The SMILES string of the molecule is CC(Sc1ccnnn1)C(=O)O. The summed E-state index contributed by atoms with van der Waals surface area (Å²) in [5, 5.41) is 19.1. The molecule has 0 amide bonds. The van der Waals surface area contributed by atoms with Gasteiger partial charge in [-0.25, -0.2) is 0 Å². The van der Waals surface area contributed by atoms with Crippen LogP contribution in [0, 0.1) is 0 Å². The maximum absolute atomic E-state index is 10.4. The van der Waals surface area contributed by atoms with Gasteiger partial charge in [0.25, 0.3) is 0 Å². The Hall–Kier alpha value is -1.17. The van der Waals surface area contributed by atoms with Crippen LogP contribution in [0.4, 0.5) is 0 Å². The van der Waals surface area contributed by atoms with Crippen molar-refractivity contribution in [1.82, 2.24) is 15.4 Å². The Balaban J connectivity index is 2.58. The van der Waals surface area contributed by atoms with Crippen molar-refractivity contribution in [3.63, 3.8) is 0 Å². The first-order valence-corrected chi connectivity index (χ1v) is 4.12. The Kier molecular flexibility index (Phi) is 2.98. The third kappa shape index (κ3) is 2.46. The molecule has 12 heavy (non-hydrogen) atoms. The Morgan fingerprint density at radius 1 is 1.75 bits per heavy atom. The van der Waals surface area contributed by atoms with Crippen LogP contribution in [-0.4, -0.2) is 31.7 Å². The lowest BCUT2D eigenvalue weighted by Gasteiger charge is -2.02. The molecule has 1 unspecified atom stereocenters. The summed E-state index contributed by atoms with van der Waals surface area (Å²) in [7, 11) is 0. The minimum Gasteiger partial charge on any atom is -0.480 e. The van der Waals surface area contributed by atoms with E-state index in [4.69, 9.17) is 5.11 Å². The Morgan fingerprint density at radius 3 is 3.00 bits per heavy atom. The topological polar surface area (TPSA) is 76.0 Å². The van der Waals surface area contributed by atoms with Crippen molar-refractivity contribution in [2.24, 2.45) is 0 Å². The summed E-state index contributed by atoms with van der Waals surface area (Å²) in [6.07, 6.45) is 1.48. The van der Waals surface area contributed by atoms with E-state index in [9.17, 15) is 4.79 Å². The Bertz CT molecular complexity index is 267. The van der Waals surface area contributed by atoms with E-state index in [-0.39, 0.29) is 0 Å². The van der Waals surface area contributed by atoms with E-state index in [0.717, 1.165) is 11.8 Å². The number of carboxylic acid groups (broad SMARTS) is 1. The van der Waals surface area contributed by atoms with Crippen LogP contribution in [0.15, 0.2) is 17.3 Å². The highest BCUT2D eigenvalue weighted by Gasteiger charge is 2.12. The molecule has 0 aromatic carbocycles. The van der Waals surface area contributed by atoms with Crippen molar-refractivity contribution in [1.29, 1.82) is 0 Å². The Morgan fingerprint density at radius 2 is 2.50 bits per heavy atom. The molecule has 0 aliphatic rings. The zero-order valence-corrected chi connectivity index (χ0v) is 7.15. The van der Waals surface area contributed by atoms with Gasteiger partial charge >= 0.3 is 5.97 Å². The lowest BCUT2D eigenvalue weighted by atomic mass is 10.5. The van der Waals surface area contributed by atoms with E-state index < -0.39 is 11.2 Å². The van der Waals surface area contributed by atoms with Crippen LogP contribution in [-0.2, 0) is 4.79 Å². The van der Waals surface area contributed by atoms with Gasteiger partial charge in [-0.3, -0.25) is 4.79 Å². The average Bonchev–Trinajstić information content (AvgIpc) is 2.06. The molecule has 0 aliphatic heterocycles. The van der Waals surface area contributed by atoms with Gasteiger partial charge in [0, 0.05) is 0 Å². The van der Waals surface area contributed by atoms with Crippen molar-refractivity contribution < 1.29 is 9.90 Å². The molecule has 1 rings (SSSR count). The molecule has 5 nitrogen and oxygen atoms in total. The fraction of sp³-hybridized carbons (Fsp3) is 0.333. The minimum absolute atomic E-state index is 0.512. The number of aliphatic carboxylic acids is 1. The van der Waals surface area contributed by atoms with E-state index in [2.05, 4.69) is 15.4 Å². The molecule has 0 bridgehead atoms. The summed E-state index contributed by atoms with van der Waals surface area (Å²) < 4.78 is 0. The molecule has 1 atom stereocenters. The minimum atomic E-state index is -0.862. The highest BCUT2D eigenvalue weighted by molar-refractivity contribution is 8.00. The molecule has 1 N–H and O–H groups in total. The maximum Gasteiger partial charge on any atom is 0.316 e. The molecule has 0 saturated heterocycles. The summed E-state index contributed by atoms with van der Waals surface area (Å²) in [4.78, 5) is 10.4. The number of thioether (sulfide) groups is 1. The van der Waals surface area contributed by atoms with E-state index in [1.54, 1.807) is 13.0 Å². The van der Waals surface area contributed by atoms with Gasteiger partial charge in [0.2, 0.25) is 0 Å². The highest BCUT2D eigenvalue weighted by atomic mass is 32.2. The molecular formula is C6H7N3O2S. The molecule has 0 spiro atoms. The zero-order valence-electron chi connectivity index (χ0n) is 6.34. The summed E-state index contributed by atoms with van der Waals surface area (Å²) in [5.74, 6) is -0.862. The number of hydrogen-bond donors (Lipinski definition) is 1. The van der Waals surface area contributed by atoms with Crippen molar-refractivity contribution in [3.8, 4) is 0 Å². The second-order valence-electron chi connectivity index (χ2n) is 2.06. The van der Waals surface area contributed by atoms with Crippen LogP contribution in [0.1, 0.15) is 6.92 Å². The van der Waals surface area contributed by atoms with Gasteiger partial charge in [-0.05, 0) is 18.2 Å². The lowest BCUT2D eigenvalue weighted by Crippen LogP contribution is -2.11. The predicted molar refractivity (Wildman–Crippen MR) is 42.8 cm³/mol. The maximum atomic E-state index is 10.4. The molecule has 1 aromatic rings. The fourth-order valence-electron chi connectivity index (χ4n) is 0.525. The standard InChI is InChI=1S/C6H7N3O2S/c1-4(6(10)11)12-5-2-3-7-9-8-5/h2-4H,1H3,(H,10,11). The first-order valence-electron chi connectivity index (χ1n) is 3.24. The predicted octanol–water partition coefficient (Wildman–Crippen LogP) is 0.437. The molecule has 0 fully saturated rings. The van der Waals surface area contributed by atoms with Crippen molar-refractivity contribution >= 4 is 17.7 Å².